The Kier molecular flexibility index (Phi) is 6.95. The van der Waals surface area contributed by atoms with Crippen LogP contribution in [0.15, 0.2) is 97.3 Å². The van der Waals surface area contributed by atoms with Crippen molar-refractivity contribution in [3.8, 4) is 0 Å². The van der Waals surface area contributed by atoms with E-state index in [-0.39, 0.29) is 10.2 Å². The minimum Gasteiger partial charge on any atom is -0.239 e. The van der Waals surface area contributed by atoms with Crippen molar-refractivity contribution in [1.82, 2.24) is 0 Å². The predicted octanol–water partition coefficient (Wildman–Crippen LogP) is 5.96. The third kappa shape index (κ3) is 5.09. The van der Waals surface area contributed by atoms with Gasteiger partial charge >= 0.3 is 0 Å². The molecule has 3 rings (SSSR count). The van der Waals surface area contributed by atoms with Crippen LogP contribution >= 0.6 is 15.9 Å². The maximum atomic E-state index is 14.2. The van der Waals surface area contributed by atoms with Gasteiger partial charge in [0.1, 0.15) is 9.73 Å². The van der Waals surface area contributed by atoms with Crippen molar-refractivity contribution in [2.24, 2.45) is 3.77 Å². The molecule has 0 aromatic heterocycles. The molecule has 0 radical (unpaired) electrons. The van der Waals surface area contributed by atoms with Crippen molar-refractivity contribution in [3.63, 3.8) is 0 Å². The Balaban J connectivity index is 2.28. The van der Waals surface area contributed by atoms with Gasteiger partial charge in [0, 0.05) is 10.2 Å². The Hall–Kier alpha value is -2.22. The number of alkyl halides is 1. The summed E-state index contributed by atoms with van der Waals surface area (Å²) in [5.41, 5.74) is 2.72. The summed E-state index contributed by atoms with van der Waals surface area (Å²) < 4.78 is 44.4. The predicted molar refractivity (Wildman–Crippen MR) is 127 cm³/mol. The molecule has 4 nitrogen and oxygen atoms in total. The van der Waals surface area contributed by atoms with Gasteiger partial charge in [0.05, 0.1) is 9.79 Å². The molecule has 0 saturated heterocycles. The Labute approximate surface area is 187 Å². The van der Waals surface area contributed by atoms with E-state index in [9.17, 15) is 12.6 Å². The third-order valence-corrected chi connectivity index (χ3v) is 9.83. The summed E-state index contributed by atoms with van der Waals surface area (Å²) in [7, 11) is -7.59. The normalized spacial score (nSPS) is 14.2. The molecule has 0 aliphatic carbocycles. The van der Waals surface area contributed by atoms with E-state index in [4.69, 9.17) is 0 Å². The molecule has 3 aromatic rings. The zero-order chi connectivity index (χ0) is 21.8. The minimum absolute atomic E-state index is 0.0153. The van der Waals surface area contributed by atoms with Crippen LogP contribution in [0.3, 0.4) is 0 Å². The molecule has 0 bridgehead atoms. The standard InChI is InChI=1S/C23H22BrNO3S2/c1-18-8-12-21(13-9-18)29(26,23(17-24)16-20-6-4-3-5-7-20)25-30(27,28)22-14-10-19(2)11-15-22/h3-16H,17H2,1-2H3/b23-16+. The topological polar surface area (TPSA) is 63.6 Å². The van der Waals surface area contributed by atoms with Gasteiger partial charge < -0.3 is 0 Å². The highest BCUT2D eigenvalue weighted by molar-refractivity contribution is 9.09. The first-order valence-corrected chi connectivity index (χ1v) is 13.3. The Morgan fingerprint density at radius 2 is 1.30 bits per heavy atom. The number of halogens is 1. The average molecular weight is 504 g/mol. The van der Waals surface area contributed by atoms with E-state index in [1.54, 1.807) is 42.5 Å². The number of aryl methyl sites for hydroxylation is 2. The van der Waals surface area contributed by atoms with Gasteiger partial charge in [-0.3, -0.25) is 0 Å². The molecular weight excluding hydrogens is 482 g/mol. The second-order valence-corrected chi connectivity index (χ2v) is 11.5. The smallest absolute Gasteiger partial charge is 0.239 e. The third-order valence-electron chi connectivity index (χ3n) is 4.48. The number of nitrogens with zero attached hydrogens (tertiary/aromatic N) is 1. The largest absolute Gasteiger partial charge is 0.290 e. The molecule has 0 spiro atoms. The zero-order valence-electron chi connectivity index (χ0n) is 16.7. The highest BCUT2D eigenvalue weighted by Gasteiger charge is 2.24. The first kappa shape index (κ1) is 22.5. The van der Waals surface area contributed by atoms with Gasteiger partial charge in [0.25, 0.3) is 10.0 Å². The molecule has 156 valence electrons. The maximum Gasteiger partial charge on any atom is 0.290 e. The second-order valence-electron chi connectivity index (χ2n) is 6.86. The Morgan fingerprint density at radius 1 is 0.800 bits per heavy atom. The minimum atomic E-state index is -4.15. The van der Waals surface area contributed by atoms with E-state index >= 15 is 0 Å². The van der Waals surface area contributed by atoms with Gasteiger partial charge in [-0.1, -0.05) is 85.4 Å². The maximum absolute atomic E-state index is 14.2. The van der Waals surface area contributed by atoms with Crippen LogP contribution in [-0.2, 0) is 19.8 Å². The number of hydrogen-bond acceptors (Lipinski definition) is 3. The molecule has 0 saturated carbocycles. The fourth-order valence-electron chi connectivity index (χ4n) is 2.78. The van der Waals surface area contributed by atoms with Crippen molar-refractivity contribution in [3.05, 3.63) is 100 Å². The van der Waals surface area contributed by atoms with Crippen LogP contribution in [0, 0.1) is 13.8 Å². The first-order chi connectivity index (χ1) is 14.2. The van der Waals surface area contributed by atoms with E-state index in [1.165, 1.54) is 12.1 Å². The highest BCUT2D eigenvalue weighted by atomic mass is 79.9. The fourth-order valence-corrected chi connectivity index (χ4v) is 7.79. The van der Waals surface area contributed by atoms with E-state index in [0.717, 1.165) is 16.7 Å². The fraction of sp³-hybridized carbons (Fsp3) is 0.130. The molecule has 1 atom stereocenters. The molecule has 30 heavy (non-hydrogen) atoms. The quantitative estimate of drug-likeness (QED) is 0.390. The van der Waals surface area contributed by atoms with E-state index in [1.807, 2.05) is 44.2 Å². The average Bonchev–Trinajstić information content (AvgIpc) is 2.73. The van der Waals surface area contributed by atoms with E-state index < -0.39 is 19.8 Å². The summed E-state index contributed by atoms with van der Waals surface area (Å²) in [6, 6.07) is 22.7. The summed E-state index contributed by atoms with van der Waals surface area (Å²) in [4.78, 5) is 0.750. The van der Waals surface area contributed by atoms with Crippen molar-refractivity contribution >= 4 is 41.8 Å². The monoisotopic (exact) mass is 503 g/mol. The summed E-state index contributed by atoms with van der Waals surface area (Å²) in [6.45, 7) is 3.78. The van der Waals surface area contributed by atoms with Crippen molar-refractivity contribution in [2.45, 2.75) is 23.6 Å². The zero-order valence-corrected chi connectivity index (χ0v) is 19.9. The van der Waals surface area contributed by atoms with Gasteiger partial charge in [-0.2, -0.15) is 8.42 Å². The van der Waals surface area contributed by atoms with Crippen LogP contribution in [0.25, 0.3) is 6.08 Å². The van der Waals surface area contributed by atoms with Crippen LogP contribution in [0.5, 0.6) is 0 Å². The van der Waals surface area contributed by atoms with Crippen LogP contribution in [-0.4, -0.2) is 18.0 Å². The highest BCUT2D eigenvalue weighted by Crippen LogP contribution is 2.29. The SMILES string of the molecule is Cc1ccc(S(=O)(=O)N=S(=O)(/C(=C/c2ccccc2)CBr)c2ccc(C)cc2)cc1. The molecule has 1 unspecified atom stereocenters. The van der Waals surface area contributed by atoms with Gasteiger partial charge in [-0.15, -0.1) is 0 Å². The van der Waals surface area contributed by atoms with Gasteiger partial charge in [-0.05, 0) is 49.8 Å². The number of rotatable bonds is 6. The number of allylic oxidation sites excluding steroid dienone is 1. The number of hydrogen-bond donors (Lipinski definition) is 0. The lowest BCUT2D eigenvalue weighted by Crippen LogP contribution is -2.10. The summed E-state index contributed by atoms with van der Waals surface area (Å²) in [6.07, 6.45) is 1.73. The van der Waals surface area contributed by atoms with Gasteiger partial charge in [0.15, 0.2) is 0 Å². The first-order valence-electron chi connectivity index (χ1n) is 9.23. The molecule has 0 N–H and O–H groups in total. The van der Waals surface area contributed by atoms with Gasteiger partial charge in [0.2, 0.25) is 0 Å². The lowest BCUT2D eigenvalue weighted by molar-refractivity contribution is 0.598. The summed E-state index contributed by atoms with van der Waals surface area (Å²) in [5.74, 6) is 0. The number of sulfonamides is 1. The van der Waals surface area contributed by atoms with Crippen molar-refractivity contribution < 1.29 is 12.6 Å². The Bertz CT molecular complexity index is 1270. The molecule has 0 fully saturated rings. The van der Waals surface area contributed by atoms with E-state index in [2.05, 4.69) is 19.7 Å². The molecule has 0 aliphatic rings. The van der Waals surface area contributed by atoms with Gasteiger partial charge in [-0.25, -0.2) is 4.21 Å². The molecular formula is C23H22BrNO3S2. The number of benzene rings is 3. The second kappa shape index (κ2) is 9.29. The van der Waals surface area contributed by atoms with Crippen molar-refractivity contribution in [1.29, 1.82) is 0 Å². The lowest BCUT2D eigenvalue weighted by Gasteiger charge is -2.14. The summed E-state index contributed by atoms with van der Waals surface area (Å²) in [5, 5.41) is 0.210. The molecule has 0 heterocycles. The molecule has 0 aliphatic heterocycles. The van der Waals surface area contributed by atoms with E-state index in [0.29, 0.717) is 9.80 Å². The molecule has 0 amide bonds. The molecule has 7 heteroatoms. The molecule has 3 aromatic carbocycles. The van der Waals surface area contributed by atoms with Crippen LogP contribution < -0.4 is 0 Å². The lowest BCUT2D eigenvalue weighted by atomic mass is 10.2. The summed E-state index contributed by atoms with van der Waals surface area (Å²) >= 11 is 3.39. The Morgan fingerprint density at radius 3 is 1.80 bits per heavy atom. The van der Waals surface area contributed by atoms with Crippen LogP contribution in [0.1, 0.15) is 16.7 Å². The van der Waals surface area contributed by atoms with Crippen LogP contribution in [0.2, 0.25) is 0 Å². The van der Waals surface area contributed by atoms with Crippen LogP contribution in [0.4, 0.5) is 0 Å². The van der Waals surface area contributed by atoms with Crippen molar-refractivity contribution in [2.75, 3.05) is 5.33 Å².